The van der Waals surface area contributed by atoms with Crippen molar-refractivity contribution in [3.63, 3.8) is 0 Å². The lowest BCUT2D eigenvalue weighted by molar-refractivity contribution is -0.121. The number of hydrogen-bond donors (Lipinski definition) is 1. The van der Waals surface area contributed by atoms with E-state index >= 15 is 0 Å². The van der Waals surface area contributed by atoms with E-state index in [4.69, 9.17) is 9.15 Å². The van der Waals surface area contributed by atoms with Gasteiger partial charge < -0.3 is 14.5 Å². The third kappa shape index (κ3) is 4.56. The largest absolute Gasteiger partial charge is 0.445 e. The second kappa shape index (κ2) is 6.60. The summed E-state index contributed by atoms with van der Waals surface area (Å²) in [6.07, 6.45) is 3.33. The van der Waals surface area contributed by atoms with E-state index in [0.717, 1.165) is 36.8 Å². The molecule has 0 aromatic carbocycles. The highest BCUT2D eigenvalue weighted by atomic mass is 16.5. The standard InChI is InChI=1S/C16H26N2O3/c1-11-13(21-15(18-11)16(2,3)4)7-8-14(19)17-10-12-6-5-9-20-12/h12H,5-10H2,1-4H3,(H,17,19). The SMILES string of the molecule is Cc1nc(C(C)(C)C)oc1CCC(=O)NCC1CCCO1. The predicted octanol–water partition coefficient (Wildman–Crippen LogP) is 2.51. The van der Waals surface area contributed by atoms with E-state index in [1.54, 1.807) is 0 Å². The molecular formula is C16H26N2O3. The number of aromatic nitrogens is 1. The highest BCUT2D eigenvalue weighted by Crippen LogP contribution is 2.24. The van der Waals surface area contributed by atoms with Crippen LogP contribution >= 0.6 is 0 Å². The van der Waals surface area contributed by atoms with Crippen molar-refractivity contribution in [1.82, 2.24) is 10.3 Å². The monoisotopic (exact) mass is 294 g/mol. The van der Waals surface area contributed by atoms with Gasteiger partial charge in [-0.25, -0.2) is 4.98 Å². The first kappa shape index (κ1) is 16.0. The number of carbonyl (C=O) groups excluding carboxylic acids is 1. The highest BCUT2D eigenvalue weighted by molar-refractivity contribution is 5.76. The molecule has 0 aliphatic carbocycles. The second-order valence-electron chi connectivity index (χ2n) is 6.72. The maximum Gasteiger partial charge on any atom is 0.220 e. The van der Waals surface area contributed by atoms with Crippen molar-refractivity contribution in [2.45, 2.75) is 64.9 Å². The third-order valence-corrected chi connectivity index (χ3v) is 3.66. The van der Waals surface area contributed by atoms with Crippen LogP contribution in [0.4, 0.5) is 0 Å². The fourth-order valence-corrected chi connectivity index (χ4v) is 2.33. The Bertz CT molecular complexity index is 482. The molecule has 21 heavy (non-hydrogen) atoms. The van der Waals surface area contributed by atoms with Gasteiger partial charge in [-0.15, -0.1) is 0 Å². The Kier molecular flexibility index (Phi) is 5.04. The lowest BCUT2D eigenvalue weighted by atomic mass is 9.97. The molecule has 1 aliphatic rings. The Morgan fingerprint density at radius 3 is 2.76 bits per heavy atom. The summed E-state index contributed by atoms with van der Waals surface area (Å²) in [6.45, 7) is 9.55. The molecule has 0 spiro atoms. The van der Waals surface area contributed by atoms with Crippen molar-refractivity contribution in [3.05, 3.63) is 17.3 Å². The van der Waals surface area contributed by atoms with Gasteiger partial charge in [-0.1, -0.05) is 20.8 Å². The fraction of sp³-hybridized carbons (Fsp3) is 0.750. The lowest BCUT2D eigenvalue weighted by Crippen LogP contribution is -2.31. The summed E-state index contributed by atoms with van der Waals surface area (Å²) in [5, 5.41) is 2.93. The molecule has 0 saturated carbocycles. The van der Waals surface area contributed by atoms with Crippen molar-refractivity contribution >= 4 is 5.91 Å². The maximum absolute atomic E-state index is 11.9. The summed E-state index contributed by atoms with van der Waals surface area (Å²) in [7, 11) is 0. The molecular weight excluding hydrogens is 268 g/mol. The summed E-state index contributed by atoms with van der Waals surface area (Å²) in [5.74, 6) is 1.58. The van der Waals surface area contributed by atoms with Crippen molar-refractivity contribution in [1.29, 1.82) is 0 Å². The molecule has 1 fully saturated rings. The minimum absolute atomic E-state index is 0.0404. The van der Waals surface area contributed by atoms with Gasteiger partial charge in [0, 0.05) is 31.4 Å². The number of amides is 1. The molecule has 1 aromatic heterocycles. The van der Waals surface area contributed by atoms with Gasteiger partial charge in [0.2, 0.25) is 5.91 Å². The van der Waals surface area contributed by atoms with Crippen LogP contribution in [-0.4, -0.2) is 30.1 Å². The zero-order valence-electron chi connectivity index (χ0n) is 13.5. The van der Waals surface area contributed by atoms with Gasteiger partial charge >= 0.3 is 0 Å². The molecule has 1 amide bonds. The molecule has 1 unspecified atom stereocenters. The molecule has 2 rings (SSSR count). The van der Waals surface area contributed by atoms with Crippen molar-refractivity contribution < 1.29 is 13.9 Å². The third-order valence-electron chi connectivity index (χ3n) is 3.66. The van der Waals surface area contributed by atoms with E-state index < -0.39 is 0 Å². The average Bonchev–Trinajstić information content (AvgIpc) is 3.02. The Morgan fingerprint density at radius 1 is 1.43 bits per heavy atom. The van der Waals surface area contributed by atoms with E-state index in [2.05, 4.69) is 31.1 Å². The van der Waals surface area contributed by atoms with E-state index in [-0.39, 0.29) is 17.4 Å². The van der Waals surface area contributed by atoms with Crippen LogP contribution in [0.15, 0.2) is 4.42 Å². The van der Waals surface area contributed by atoms with Crippen molar-refractivity contribution in [3.8, 4) is 0 Å². The first-order chi connectivity index (χ1) is 9.86. The van der Waals surface area contributed by atoms with Crippen molar-refractivity contribution in [2.24, 2.45) is 0 Å². The van der Waals surface area contributed by atoms with Crippen LogP contribution in [0.5, 0.6) is 0 Å². The van der Waals surface area contributed by atoms with Gasteiger partial charge in [-0.05, 0) is 19.8 Å². The number of nitrogens with one attached hydrogen (secondary N) is 1. The summed E-state index contributed by atoms with van der Waals surface area (Å²) in [5.41, 5.74) is 0.775. The maximum atomic E-state index is 11.9. The van der Waals surface area contributed by atoms with E-state index in [0.29, 0.717) is 19.4 Å². The topological polar surface area (TPSA) is 64.4 Å². The number of rotatable bonds is 5. The van der Waals surface area contributed by atoms with E-state index in [1.165, 1.54) is 0 Å². The Hall–Kier alpha value is -1.36. The number of oxazole rings is 1. The highest BCUT2D eigenvalue weighted by Gasteiger charge is 2.22. The summed E-state index contributed by atoms with van der Waals surface area (Å²) in [6, 6.07) is 0. The number of aryl methyl sites for hydroxylation is 2. The van der Waals surface area contributed by atoms with Crippen LogP contribution in [0, 0.1) is 6.92 Å². The van der Waals surface area contributed by atoms with Crippen LogP contribution in [0.3, 0.4) is 0 Å². The molecule has 118 valence electrons. The van der Waals surface area contributed by atoms with Crippen molar-refractivity contribution in [2.75, 3.05) is 13.2 Å². The van der Waals surface area contributed by atoms with Gasteiger partial charge in [0.15, 0.2) is 5.89 Å². The molecule has 0 radical (unpaired) electrons. The van der Waals surface area contributed by atoms with Gasteiger partial charge in [0.25, 0.3) is 0 Å². The molecule has 1 atom stereocenters. The Balaban J connectivity index is 1.79. The van der Waals surface area contributed by atoms with E-state index in [9.17, 15) is 4.79 Å². The lowest BCUT2D eigenvalue weighted by Gasteiger charge is -2.12. The zero-order chi connectivity index (χ0) is 15.5. The molecule has 5 heteroatoms. The fourth-order valence-electron chi connectivity index (χ4n) is 2.33. The minimum Gasteiger partial charge on any atom is -0.445 e. The van der Waals surface area contributed by atoms with Crippen LogP contribution in [0.2, 0.25) is 0 Å². The summed E-state index contributed by atoms with van der Waals surface area (Å²) >= 11 is 0. The number of carbonyl (C=O) groups is 1. The van der Waals surface area contributed by atoms with Crippen LogP contribution < -0.4 is 5.32 Å². The number of hydrogen-bond acceptors (Lipinski definition) is 4. The first-order valence-corrected chi connectivity index (χ1v) is 7.71. The van der Waals surface area contributed by atoms with Crippen LogP contribution in [0.25, 0.3) is 0 Å². The summed E-state index contributed by atoms with van der Waals surface area (Å²) in [4.78, 5) is 16.3. The predicted molar refractivity (Wildman–Crippen MR) is 80.2 cm³/mol. The summed E-state index contributed by atoms with van der Waals surface area (Å²) < 4.78 is 11.3. The zero-order valence-corrected chi connectivity index (χ0v) is 13.5. The molecule has 1 aliphatic heterocycles. The Labute approximate surface area is 126 Å². The minimum atomic E-state index is -0.106. The molecule has 1 aromatic rings. The van der Waals surface area contributed by atoms with Gasteiger partial charge in [-0.3, -0.25) is 4.79 Å². The molecule has 1 N–H and O–H groups in total. The van der Waals surface area contributed by atoms with Crippen LogP contribution in [-0.2, 0) is 21.4 Å². The quantitative estimate of drug-likeness (QED) is 0.906. The van der Waals surface area contributed by atoms with Gasteiger partial charge in [0.05, 0.1) is 11.8 Å². The van der Waals surface area contributed by atoms with Gasteiger partial charge in [-0.2, -0.15) is 0 Å². The molecule has 1 saturated heterocycles. The average molecular weight is 294 g/mol. The Morgan fingerprint density at radius 2 is 2.19 bits per heavy atom. The molecule has 0 bridgehead atoms. The smallest absolute Gasteiger partial charge is 0.220 e. The second-order valence-corrected chi connectivity index (χ2v) is 6.72. The number of nitrogens with zero attached hydrogens (tertiary/aromatic N) is 1. The van der Waals surface area contributed by atoms with E-state index in [1.807, 2.05) is 6.92 Å². The van der Waals surface area contributed by atoms with Crippen LogP contribution in [0.1, 0.15) is 57.4 Å². The first-order valence-electron chi connectivity index (χ1n) is 7.71. The molecule has 2 heterocycles. The number of ether oxygens (including phenoxy) is 1. The normalized spacial score (nSPS) is 19.0. The molecule has 5 nitrogen and oxygen atoms in total. The van der Waals surface area contributed by atoms with Gasteiger partial charge in [0.1, 0.15) is 5.76 Å².